The van der Waals surface area contributed by atoms with Crippen LogP contribution in [0.2, 0.25) is 0 Å². The Morgan fingerprint density at radius 1 is 1.41 bits per heavy atom. The minimum absolute atomic E-state index is 0.0344. The van der Waals surface area contributed by atoms with Crippen LogP contribution < -0.4 is 5.32 Å². The fraction of sp³-hybridized carbons (Fsp3) is 0.909. The molecule has 100 valence electrons. The molecule has 1 rings (SSSR count). The molecule has 1 heterocycles. The third kappa shape index (κ3) is 4.27. The van der Waals surface area contributed by atoms with Gasteiger partial charge in [0.05, 0.1) is 24.5 Å². The minimum Gasteiger partial charge on any atom is -0.466 e. The van der Waals surface area contributed by atoms with Gasteiger partial charge in [-0.25, -0.2) is 8.42 Å². The van der Waals surface area contributed by atoms with Gasteiger partial charge in [0.1, 0.15) is 0 Å². The molecule has 1 unspecified atom stereocenters. The first kappa shape index (κ1) is 14.4. The highest BCUT2D eigenvalue weighted by Gasteiger charge is 2.40. The van der Waals surface area contributed by atoms with Crippen molar-refractivity contribution in [2.45, 2.75) is 38.6 Å². The molecule has 1 atom stereocenters. The van der Waals surface area contributed by atoms with Crippen LogP contribution in [-0.2, 0) is 19.4 Å². The van der Waals surface area contributed by atoms with Crippen molar-refractivity contribution in [3.63, 3.8) is 0 Å². The Bertz CT molecular complexity index is 362. The zero-order valence-electron chi connectivity index (χ0n) is 10.5. The minimum atomic E-state index is -3.04. The molecule has 1 N–H and O–H groups in total. The van der Waals surface area contributed by atoms with Crippen LogP contribution in [0.1, 0.15) is 33.1 Å². The summed E-state index contributed by atoms with van der Waals surface area (Å²) in [6.07, 6.45) is 1.45. The first-order valence-electron chi connectivity index (χ1n) is 6.04. The van der Waals surface area contributed by atoms with Gasteiger partial charge in [-0.2, -0.15) is 0 Å². The highest BCUT2D eigenvalue weighted by atomic mass is 32.2. The molecular formula is C11H21NO4S. The Morgan fingerprint density at radius 3 is 2.65 bits per heavy atom. The Balaban J connectivity index is 2.78. The fourth-order valence-electron chi connectivity index (χ4n) is 2.40. The lowest BCUT2D eigenvalue weighted by atomic mass is 9.91. The maximum atomic E-state index is 11.7. The first-order chi connectivity index (χ1) is 7.93. The van der Waals surface area contributed by atoms with Gasteiger partial charge in [0.25, 0.3) is 0 Å². The number of nitrogens with one attached hydrogen (secondary N) is 1. The van der Waals surface area contributed by atoms with E-state index in [1.54, 1.807) is 6.92 Å². The molecule has 6 heteroatoms. The largest absolute Gasteiger partial charge is 0.466 e. The predicted molar refractivity (Wildman–Crippen MR) is 65.5 cm³/mol. The third-order valence-corrected chi connectivity index (χ3v) is 4.85. The van der Waals surface area contributed by atoms with Crippen molar-refractivity contribution in [3.8, 4) is 0 Å². The number of hydrogen-bond acceptors (Lipinski definition) is 5. The SMILES string of the molecule is CCNC1(CC(=O)OCC)CCCS(=O)(=O)C1. The summed E-state index contributed by atoms with van der Waals surface area (Å²) >= 11 is 0. The lowest BCUT2D eigenvalue weighted by Crippen LogP contribution is -2.54. The smallest absolute Gasteiger partial charge is 0.307 e. The van der Waals surface area contributed by atoms with Crippen molar-refractivity contribution in [1.29, 1.82) is 0 Å². The molecule has 0 saturated carbocycles. The zero-order valence-corrected chi connectivity index (χ0v) is 11.3. The summed E-state index contributed by atoms with van der Waals surface area (Å²) in [7, 11) is -3.04. The second-order valence-corrected chi connectivity index (χ2v) is 6.67. The number of ether oxygens (including phenoxy) is 1. The molecule has 0 aromatic carbocycles. The van der Waals surface area contributed by atoms with Gasteiger partial charge in [0, 0.05) is 5.54 Å². The number of rotatable bonds is 5. The topological polar surface area (TPSA) is 72.5 Å². The number of carbonyl (C=O) groups is 1. The van der Waals surface area contributed by atoms with Crippen LogP contribution in [0.25, 0.3) is 0 Å². The van der Waals surface area contributed by atoms with Crippen molar-refractivity contribution < 1.29 is 17.9 Å². The van der Waals surface area contributed by atoms with Gasteiger partial charge >= 0.3 is 5.97 Å². The first-order valence-corrected chi connectivity index (χ1v) is 7.86. The van der Waals surface area contributed by atoms with Gasteiger partial charge in [-0.3, -0.25) is 4.79 Å². The number of sulfone groups is 1. The molecule has 5 nitrogen and oxygen atoms in total. The van der Waals surface area contributed by atoms with E-state index >= 15 is 0 Å². The molecule has 0 radical (unpaired) electrons. The highest BCUT2D eigenvalue weighted by molar-refractivity contribution is 7.91. The van der Waals surface area contributed by atoms with Crippen LogP contribution in [-0.4, -0.2) is 44.6 Å². The summed E-state index contributed by atoms with van der Waals surface area (Å²) in [5, 5.41) is 3.16. The van der Waals surface area contributed by atoms with E-state index in [-0.39, 0.29) is 23.9 Å². The van der Waals surface area contributed by atoms with Crippen molar-refractivity contribution in [3.05, 3.63) is 0 Å². The molecule has 0 aliphatic carbocycles. The Morgan fingerprint density at radius 2 is 2.12 bits per heavy atom. The van der Waals surface area contributed by atoms with Gasteiger partial charge < -0.3 is 10.1 Å². The molecule has 0 bridgehead atoms. The Labute approximate surface area is 103 Å². The molecule has 1 aliphatic rings. The standard InChI is InChI=1S/C11H21NO4S/c1-3-12-11(8-10(13)16-4-2)6-5-7-17(14,15)9-11/h12H,3-9H2,1-2H3. The summed E-state index contributed by atoms with van der Waals surface area (Å²) < 4.78 is 28.3. The third-order valence-electron chi connectivity index (χ3n) is 2.95. The predicted octanol–water partition coefficient (Wildman–Crippen LogP) is 0.496. The van der Waals surface area contributed by atoms with Crippen LogP contribution in [0, 0.1) is 0 Å². The Kier molecular flexibility index (Phi) is 4.94. The lowest BCUT2D eigenvalue weighted by Gasteiger charge is -2.36. The van der Waals surface area contributed by atoms with Crippen molar-refractivity contribution in [2.24, 2.45) is 0 Å². The number of esters is 1. The Hall–Kier alpha value is -0.620. The molecule has 1 saturated heterocycles. The monoisotopic (exact) mass is 263 g/mol. The lowest BCUT2D eigenvalue weighted by molar-refractivity contribution is -0.144. The average Bonchev–Trinajstić information content (AvgIpc) is 2.15. The summed E-state index contributed by atoms with van der Waals surface area (Å²) in [5.41, 5.74) is -0.627. The van der Waals surface area contributed by atoms with E-state index in [0.717, 1.165) is 0 Å². The van der Waals surface area contributed by atoms with Gasteiger partial charge in [-0.05, 0) is 26.3 Å². The van der Waals surface area contributed by atoms with Crippen LogP contribution in [0.5, 0.6) is 0 Å². The van der Waals surface area contributed by atoms with Crippen LogP contribution >= 0.6 is 0 Å². The molecule has 1 aliphatic heterocycles. The quantitative estimate of drug-likeness (QED) is 0.731. The normalized spacial score (nSPS) is 27.6. The molecular weight excluding hydrogens is 242 g/mol. The molecule has 0 aromatic rings. The maximum Gasteiger partial charge on any atom is 0.307 e. The van der Waals surface area contributed by atoms with E-state index in [4.69, 9.17) is 4.74 Å². The molecule has 0 spiro atoms. The van der Waals surface area contributed by atoms with E-state index in [0.29, 0.717) is 26.0 Å². The van der Waals surface area contributed by atoms with E-state index in [1.165, 1.54) is 0 Å². The fourth-order valence-corrected chi connectivity index (χ4v) is 4.32. The van der Waals surface area contributed by atoms with Crippen LogP contribution in [0.3, 0.4) is 0 Å². The van der Waals surface area contributed by atoms with Gasteiger partial charge in [-0.1, -0.05) is 6.92 Å². The summed E-state index contributed by atoms with van der Waals surface area (Å²) in [4.78, 5) is 11.5. The van der Waals surface area contributed by atoms with E-state index in [1.807, 2.05) is 6.92 Å². The summed E-state index contributed by atoms with van der Waals surface area (Å²) in [6, 6.07) is 0. The maximum absolute atomic E-state index is 11.7. The number of hydrogen-bond donors (Lipinski definition) is 1. The van der Waals surface area contributed by atoms with E-state index < -0.39 is 15.4 Å². The van der Waals surface area contributed by atoms with E-state index in [2.05, 4.69) is 5.32 Å². The molecule has 1 fully saturated rings. The van der Waals surface area contributed by atoms with E-state index in [9.17, 15) is 13.2 Å². The van der Waals surface area contributed by atoms with Gasteiger partial charge in [0.15, 0.2) is 9.84 Å². The molecule has 0 aromatic heterocycles. The van der Waals surface area contributed by atoms with Crippen molar-refractivity contribution in [1.82, 2.24) is 5.32 Å². The van der Waals surface area contributed by atoms with Crippen molar-refractivity contribution >= 4 is 15.8 Å². The van der Waals surface area contributed by atoms with Crippen molar-refractivity contribution in [2.75, 3.05) is 24.7 Å². The second kappa shape index (κ2) is 5.82. The average molecular weight is 263 g/mol. The van der Waals surface area contributed by atoms with Gasteiger partial charge in [-0.15, -0.1) is 0 Å². The molecule has 17 heavy (non-hydrogen) atoms. The summed E-state index contributed by atoms with van der Waals surface area (Å²) in [6.45, 7) is 4.63. The van der Waals surface area contributed by atoms with Crippen LogP contribution in [0.15, 0.2) is 0 Å². The summed E-state index contributed by atoms with van der Waals surface area (Å²) in [5.74, 6) is -0.0686. The number of carbonyl (C=O) groups excluding carboxylic acids is 1. The zero-order chi connectivity index (χ0) is 12.9. The van der Waals surface area contributed by atoms with Crippen LogP contribution in [0.4, 0.5) is 0 Å². The highest BCUT2D eigenvalue weighted by Crippen LogP contribution is 2.26. The molecule has 0 amide bonds. The van der Waals surface area contributed by atoms with Gasteiger partial charge in [0.2, 0.25) is 0 Å². The second-order valence-electron chi connectivity index (χ2n) is 4.49.